The molecule has 0 aliphatic carbocycles. The third kappa shape index (κ3) is 4.19. The molecule has 0 bridgehead atoms. The summed E-state index contributed by atoms with van der Waals surface area (Å²) in [4.78, 5) is 2.32. The van der Waals surface area contributed by atoms with Crippen LogP contribution >= 0.6 is 28.3 Å². The molecule has 1 atom stereocenters. The van der Waals surface area contributed by atoms with Gasteiger partial charge in [0.05, 0.1) is 0 Å². The quantitative estimate of drug-likeness (QED) is 0.911. The molecule has 1 aromatic rings. The van der Waals surface area contributed by atoms with E-state index in [-0.39, 0.29) is 18.2 Å². The summed E-state index contributed by atoms with van der Waals surface area (Å²) in [5.74, 6) is -0.111. The second-order valence-corrected chi connectivity index (χ2v) is 5.51. The highest BCUT2D eigenvalue weighted by atomic mass is 79.9. The predicted octanol–water partition coefficient (Wildman–Crippen LogP) is 3.19. The van der Waals surface area contributed by atoms with Crippen molar-refractivity contribution in [2.75, 3.05) is 20.1 Å². The van der Waals surface area contributed by atoms with E-state index in [1.807, 2.05) is 13.1 Å². The molecule has 5 heteroatoms. The third-order valence-electron chi connectivity index (χ3n) is 3.32. The lowest BCUT2D eigenvalue weighted by atomic mass is 10.0. The zero-order chi connectivity index (χ0) is 12.3. The smallest absolute Gasteiger partial charge is 0.127 e. The largest absolute Gasteiger partial charge is 0.316 e. The summed E-state index contributed by atoms with van der Waals surface area (Å²) in [6.45, 7) is 2.76. The zero-order valence-corrected chi connectivity index (χ0v) is 12.9. The fourth-order valence-electron chi connectivity index (χ4n) is 2.34. The SMILES string of the molecule is CNC1CCCN(Cc2cc(Br)ccc2F)C1.Cl. The standard InChI is InChI=1S/C13H18BrFN2.ClH/c1-16-12-3-2-6-17(9-12)8-10-7-11(14)4-5-13(10)15;/h4-5,7,12,16H,2-3,6,8-9H2,1H3;1H. The summed E-state index contributed by atoms with van der Waals surface area (Å²) >= 11 is 3.39. The highest BCUT2D eigenvalue weighted by molar-refractivity contribution is 9.10. The second-order valence-electron chi connectivity index (χ2n) is 4.60. The Kier molecular flexibility index (Phi) is 6.57. The molecule has 1 aliphatic heterocycles. The predicted molar refractivity (Wildman–Crippen MR) is 78.7 cm³/mol. The maximum absolute atomic E-state index is 13.6. The number of piperidine rings is 1. The molecule has 1 unspecified atom stereocenters. The minimum Gasteiger partial charge on any atom is -0.316 e. The van der Waals surface area contributed by atoms with Crippen LogP contribution in [0.25, 0.3) is 0 Å². The van der Waals surface area contributed by atoms with Gasteiger partial charge in [-0.2, -0.15) is 0 Å². The number of hydrogen-bond donors (Lipinski definition) is 1. The van der Waals surface area contributed by atoms with Crippen molar-refractivity contribution in [1.82, 2.24) is 10.2 Å². The Hall–Kier alpha value is -0.160. The molecule has 2 nitrogen and oxygen atoms in total. The Balaban J connectivity index is 0.00000162. The number of likely N-dealkylation sites (tertiary alicyclic amines) is 1. The Morgan fingerprint density at radius 1 is 1.50 bits per heavy atom. The van der Waals surface area contributed by atoms with Crippen LogP contribution < -0.4 is 5.32 Å². The van der Waals surface area contributed by atoms with Crippen LogP contribution in [-0.2, 0) is 6.54 Å². The first-order chi connectivity index (χ1) is 8.19. The first-order valence-corrected chi connectivity index (χ1v) is 6.82. The lowest BCUT2D eigenvalue weighted by Crippen LogP contribution is -2.43. The van der Waals surface area contributed by atoms with Crippen LogP contribution in [0.3, 0.4) is 0 Å². The van der Waals surface area contributed by atoms with Crippen molar-refractivity contribution >= 4 is 28.3 Å². The van der Waals surface area contributed by atoms with Crippen molar-refractivity contribution < 1.29 is 4.39 Å². The summed E-state index contributed by atoms with van der Waals surface area (Å²) in [6, 6.07) is 5.68. The first kappa shape index (κ1) is 15.9. The molecule has 0 spiro atoms. The van der Waals surface area contributed by atoms with Crippen LogP contribution in [0.4, 0.5) is 4.39 Å². The minimum atomic E-state index is -0.111. The van der Waals surface area contributed by atoms with Gasteiger partial charge in [0.2, 0.25) is 0 Å². The fraction of sp³-hybridized carbons (Fsp3) is 0.538. The Morgan fingerprint density at radius 2 is 2.28 bits per heavy atom. The molecule has 0 aromatic heterocycles. The van der Waals surface area contributed by atoms with Crippen molar-refractivity contribution in [2.45, 2.75) is 25.4 Å². The molecule has 1 saturated heterocycles. The molecule has 0 radical (unpaired) electrons. The molecule has 1 fully saturated rings. The van der Waals surface area contributed by atoms with Gasteiger partial charge in [-0.1, -0.05) is 15.9 Å². The van der Waals surface area contributed by atoms with E-state index in [1.54, 1.807) is 6.07 Å². The Morgan fingerprint density at radius 3 is 3.00 bits per heavy atom. The van der Waals surface area contributed by atoms with Crippen LogP contribution in [-0.4, -0.2) is 31.1 Å². The number of likely N-dealkylation sites (N-methyl/N-ethyl adjacent to an activating group) is 1. The monoisotopic (exact) mass is 336 g/mol. The van der Waals surface area contributed by atoms with E-state index in [1.165, 1.54) is 18.9 Å². The molecule has 0 saturated carbocycles. The molecule has 1 aromatic carbocycles. The number of nitrogens with one attached hydrogen (secondary N) is 1. The van der Waals surface area contributed by atoms with Crippen LogP contribution in [0.15, 0.2) is 22.7 Å². The molecule has 102 valence electrons. The van der Waals surface area contributed by atoms with Crippen molar-refractivity contribution in [1.29, 1.82) is 0 Å². The van der Waals surface area contributed by atoms with E-state index in [0.29, 0.717) is 12.6 Å². The Bertz CT molecular complexity index is 389. The van der Waals surface area contributed by atoms with Gasteiger partial charge in [-0.3, -0.25) is 4.90 Å². The molecule has 2 rings (SSSR count). The van der Waals surface area contributed by atoms with Crippen molar-refractivity contribution in [2.24, 2.45) is 0 Å². The van der Waals surface area contributed by atoms with Crippen LogP contribution in [0.2, 0.25) is 0 Å². The number of hydrogen-bond acceptors (Lipinski definition) is 2. The van der Waals surface area contributed by atoms with E-state index in [9.17, 15) is 4.39 Å². The van der Waals surface area contributed by atoms with Crippen molar-refractivity contribution in [3.8, 4) is 0 Å². The lowest BCUT2D eigenvalue weighted by molar-refractivity contribution is 0.186. The number of halogens is 3. The van der Waals surface area contributed by atoms with E-state index in [2.05, 4.69) is 26.1 Å². The summed E-state index contributed by atoms with van der Waals surface area (Å²) in [7, 11) is 1.99. The van der Waals surface area contributed by atoms with Gasteiger partial charge in [-0.25, -0.2) is 4.39 Å². The summed E-state index contributed by atoms with van der Waals surface area (Å²) in [5, 5.41) is 3.30. The van der Waals surface area contributed by atoms with Gasteiger partial charge in [-0.15, -0.1) is 12.4 Å². The second kappa shape index (κ2) is 7.43. The highest BCUT2D eigenvalue weighted by Crippen LogP contribution is 2.19. The average Bonchev–Trinajstić information content (AvgIpc) is 2.34. The van der Waals surface area contributed by atoms with Crippen molar-refractivity contribution in [3.05, 3.63) is 34.1 Å². The molecule has 1 N–H and O–H groups in total. The molecular weight excluding hydrogens is 319 g/mol. The molecule has 1 heterocycles. The molecule has 18 heavy (non-hydrogen) atoms. The Labute approximate surface area is 122 Å². The maximum atomic E-state index is 13.6. The van der Waals surface area contributed by atoms with Crippen LogP contribution in [0.1, 0.15) is 18.4 Å². The number of benzene rings is 1. The third-order valence-corrected chi connectivity index (χ3v) is 3.81. The van der Waals surface area contributed by atoms with Gasteiger partial charge in [0.25, 0.3) is 0 Å². The number of nitrogens with zero attached hydrogens (tertiary/aromatic N) is 1. The van der Waals surface area contributed by atoms with Gasteiger partial charge < -0.3 is 5.32 Å². The highest BCUT2D eigenvalue weighted by Gasteiger charge is 2.19. The van der Waals surface area contributed by atoms with Gasteiger partial charge in [0.1, 0.15) is 5.82 Å². The average molecular weight is 338 g/mol. The molecule has 1 aliphatic rings. The number of rotatable bonds is 3. The lowest BCUT2D eigenvalue weighted by Gasteiger charge is -2.32. The van der Waals surface area contributed by atoms with Crippen molar-refractivity contribution in [3.63, 3.8) is 0 Å². The van der Waals surface area contributed by atoms with Gasteiger partial charge in [-0.05, 0) is 44.6 Å². The fourth-order valence-corrected chi connectivity index (χ4v) is 2.75. The molecule has 0 amide bonds. The van der Waals surface area contributed by atoms with Crippen LogP contribution in [0.5, 0.6) is 0 Å². The summed E-state index contributed by atoms with van der Waals surface area (Å²) in [5.41, 5.74) is 0.774. The van der Waals surface area contributed by atoms with Crippen LogP contribution in [0, 0.1) is 5.82 Å². The van der Waals surface area contributed by atoms with Gasteiger partial charge in [0, 0.05) is 29.2 Å². The van der Waals surface area contributed by atoms with E-state index in [4.69, 9.17) is 0 Å². The van der Waals surface area contributed by atoms with E-state index >= 15 is 0 Å². The van der Waals surface area contributed by atoms with Gasteiger partial charge in [0.15, 0.2) is 0 Å². The zero-order valence-electron chi connectivity index (χ0n) is 10.5. The molecular formula is C13H19BrClFN2. The first-order valence-electron chi connectivity index (χ1n) is 6.02. The van der Waals surface area contributed by atoms with E-state index in [0.717, 1.165) is 23.1 Å². The topological polar surface area (TPSA) is 15.3 Å². The summed E-state index contributed by atoms with van der Waals surface area (Å²) in [6.07, 6.45) is 2.40. The normalized spacial score (nSPS) is 20.5. The van der Waals surface area contributed by atoms with E-state index < -0.39 is 0 Å². The van der Waals surface area contributed by atoms with Gasteiger partial charge >= 0.3 is 0 Å². The summed E-state index contributed by atoms with van der Waals surface area (Å²) < 4.78 is 14.6. The maximum Gasteiger partial charge on any atom is 0.127 e. The minimum absolute atomic E-state index is 0.